The number of piperazine rings is 1. The van der Waals surface area contributed by atoms with Crippen LogP contribution in [0.5, 0.6) is 5.75 Å². The summed E-state index contributed by atoms with van der Waals surface area (Å²) in [5, 5.41) is 2.70. The van der Waals surface area contributed by atoms with E-state index < -0.39 is 32.0 Å². The third-order valence-electron chi connectivity index (χ3n) is 5.38. The zero-order chi connectivity index (χ0) is 25.1. The molecule has 0 bridgehead atoms. The average Bonchev–Trinajstić information content (AvgIpc) is 2.79. The molecule has 0 aliphatic carbocycles. The highest BCUT2D eigenvalue weighted by Gasteiger charge is 2.28. The van der Waals surface area contributed by atoms with Gasteiger partial charge in [0.1, 0.15) is 5.75 Å². The van der Waals surface area contributed by atoms with E-state index >= 15 is 0 Å². The SMILES string of the molecule is COc1ccc(S(=O)(=O)N[C@@H](C)C(=O)Nc2ccc(S(=O)(=O)N3CCN(C)CC3)cc2)cc1Cl. The molecule has 1 fully saturated rings. The van der Waals surface area contributed by atoms with E-state index in [1.54, 1.807) is 0 Å². The summed E-state index contributed by atoms with van der Waals surface area (Å²) >= 11 is 6.00. The number of anilines is 1. The Bertz CT molecular complexity index is 1240. The highest BCUT2D eigenvalue weighted by molar-refractivity contribution is 7.89. The third-order valence-corrected chi connectivity index (χ3v) is 9.13. The van der Waals surface area contributed by atoms with Crippen LogP contribution >= 0.6 is 11.6 Å². The van der Waals surface area contributed by atoms with Gasteiger partial charge in [-0.2, -0.15) is 9.03 Å². The third kappa shape index (κ3) is 6.06. The van der Waals surface area contributed by atoms with Gasteiger partial charge in [-0.05, 0) is 56.4 Å². The van der Waals surface area contributed by atoms with Gasteiger partial charge in [-0.15, -0.1) is 0 Å². The van der Waals surface area contributed by atoms with Crippen LogP contribution in [-0.2, 0) is 24.8 Å². The zero-order valence-electron chi connectivity index (χ0n) is 19.0. The first-order valence-electron chi connectivity index (χ1n) is 10.4. The van der Waals surface area contributed by atoms with Gasteiger partial charge >= 0.3 is 0 Å². The number of nitrogens with zero attached hydrogens (tertiary/aromatic N) is 2. The second-order valence-corrected chi connectivity index (χ2v) is 11.9. The predicted octanol–water partition coefficient (Wildman–Crippen LogP) is 1.59. The number of likely N-dealkylation sites (N-methyl/N-ethyl adjacent to an activating group) is 1. The van der Waals surface area contributed by atoms with Gasteiger partial charge in [0, 0.05) is 31.9 Å². The Hall–Kier alpha value is -2.22. The van der Waals surface area contributed by atoms with E-state index in [0.29, 0.717) is 37.6 Å². The summed E-state index contributed by atoms with van der Waals surface area (Å²) < 4.78 is 59.6. The summed E-state index contributed by atoms with van der Waals surface area (Å²) in [6, 6.07) is 8.61. The number of rotatable bonds is 8. The lowest BCUT2D eigenvalue weighted by molar-refractivity contribution is -0.117. The first kappa shape index (κ1) is 26.4. The van der Waals surface area contributed by atoms with Gasteiger partial charge in [-0.3, -0.25) is 4.79 Å². The van der Waals surface area contributed by atoms with Crippen molar-refractivity contribution in [1.82, 2.24) is 13.9 Å². The molecule has 186 valence electrons. The van der Waals surface area contributed by atoms with Gasteiger partial charge in [-0.25, -0.2) is 16.8 Å². The van der Waals surface area contributed by atoms with Crippen molar-refractivity contribution in [2.24, 2.45) is 0 Å². The maximum absolute atomic E-state index is 12.8. The number of benzene rings is 2. The monoisotopic (exact) mass is 530 g/mol. The number of nitrogens with one attached hydrogen (secondary N) is 2. The fourth-order valence-corrected chi connectivity index (χ4v) is 6.28. The fourth-order valence-electron chi connectivity index (χ4n) is 3.31. The van der Waals surface area contributed by atoms with E-state index in [9.17, 15) is 21.6 Å². The molecule has 3 rings (SSSR count). The highest BCUT2D eigenvalue weighted by Crippen LogP contribution is 2.27. The molecule has 0 aromatic heterocycles. The van der Waals surface area contributed by atoms with Crippen LogP contribution in [0.2, 0.25) is 5.02 Å². The molecular formula is C21H27ClN4O6S2. The van der Waals surface area contributed by atoms with Crippen LogP contribution in [0.15, 0.2) is 52.3 Å². The van der Waals surface area contributed by atoms with Crippen molar-refractivity contribution in [3.8, 4) is 5.75 Å². The molecule has 2 aromatic rings. The van der Waals surface area contributed by atoms with Crippen LogP contribution in [0.3, 0.4) is 0 Å². The molecule has 0 unspecified atom stereocenters. The predicted molar refractivity (Wildman–Crippen MR) is 129 cm³/mol. The summed E-state index contributed by atoms with van der Waals surface area (Å²) in [7, 11) is -4.30. The first-order valence-corrected chi connectivity index (χ1v) is 13.7. The van der Waals surface area contributed by atoms with E-state index in [2.05, 4.69) is 14.9 Å². The number of methoxy groups -OCH3 is 1. The number of halogens is 1. The molecule has 2 aromatic carbocycles. The lowest BCUT2D eigenvalue weighted by Crippen LogP contribution is -2.47. The Morgan fingerprint density at radius 2 is 1.59 bits per heavy atom. The lowest BCUT2D eigenvalue weighted by atomic mass is 10.3. The maximum Gasteiger partial charge on any atom is 0.243 e. The van der Waals surface area contributed by atoms with Crippen LogP contribution in [0.1, 0.15) is 6.92 Å². The minimum absolute atomic E-state index is 0.114. The van der Waals surface area contributed by atoms with Crippen molar-refractivity contribution >= 4 is 43.2 Å². The Morgan fingerprint density at radius 3 is 2.15 bits per heavy atom. The molecule has 2 N–H and O–H groups in total. The Labute approximate surface area is 204 Å². The van der Waals surface area contributed by atoms with Crippen molar-refractivity contribution in [3.05, 3.63) is 47.5 Å². The van der Waals surface area contributed by atoms with Crippen molar-refractivity contribution in [2.45, 2.75) is 22.8 Å². The molecule has 1 aliphatic heterocycles. The molecule has 0 saturated carbocycles. The molecule has 1 amide bonds. The standard InChI is InChI=1S/C21H27ClN4O6S2/c1-15(24-33(28,29)18-8-9-20(32-3)19(22)14-18)21(27)23-16-4-6-17(7-5-16)34(30,31)26-12-10-25(2)11-13-26/h4-9,14-15,24H,10-13H2,1-3H3,(H,23,27)/t15-/m0/s1. The quantitative estimate of drug-likeness (QED) is 0.531. The van der Waals surface area contributed by atoms with Crippen LogP contribution in [-0.4, -0.2) is 78.3 Å². The van der Waals surface area contributed by atoms with E-state index in [-0.39, 0.29) is 14.8 Å². The molecule has 0 spiro atoms. The Morgan fingerprint density at radius 1 is 1.00 bits per heavy atom. The summed E-state index contributed by atoms with van der Waals surface area (Å²) in [5.74, 6) is -0.289. The minimum Gasteiger partial charge on any atom is -0.495 e. The molecule has 1 heterocycles. The highest BCUT2D eigenvalue weighted by atomic mass is 35.5. The Kier molecular flexibility index (Phi) is 8.22. The van der Waals surface area contributed by atoms with Gasteiger partial charge in [0.15, 0.2) is 0 Å². The number of carbonyl (C=O) groups is 1. The van der Waals surface area contributed by atoms with Crippen molar-refractivity contribution in [1.29, 1.82) is 0 Å². The zero-order valence-corrected chi connectivity index (χ0v) is 21.4. The molecule has 34 heavy (non-hydrogen) atoms. The topological polar surface area (TPSA) is 125 Å². The van der Waals surface area contributed by atoms with Crippen LogP contribution in [0.4, 0.5) is 5.69 Å². The number of sulfonamides is 2. The fraction of sp³-hybridized carbons (Fsp3) is 0.381. The molecular weight excluding hydrogens is 504 g/mol. The van der Waals surface area contributed by atoms with Crippen molar-refractivity contribution in [3.63, 3.8) is 0 Å². The second kappa shape index (κ2) is 10.6. The molecule has 0 radical (unpaired) electrons. The average molecular weight is 531 g/mol. The van der Waals surface area contributed by atoms with Gasteiger partial charge in [0.2, 0.25) is 26.0 Å². The van der Waals surface area contributed by atoms with E-state index in [1.807, 2.05) is 7.05 Å². The van der Waals surface area contributed by atoms with Gasteiger partial charge < -0.3 is 15.0 Å². The maximum atomic E-state index is 12.8. The number of hydrogen-bond acceptors (Lipinski definition) is 7. The second-order valence-electron chi connectivity index (χ2n) is 7.86. The first-order chi connectivity index (χ1) is 15.9. The Balaban J connectivity index is 1.64. The molecule has 1 atom stereocenters. The normalized spacial score (nSPS) is 16.7. The van der Waals surface area contributed by atoms with Gasteiger partial charge in [0.25, 0.3) is 0 Å². The summed E-state index contributed by atoms with van der Waals surface area (Å²) in [6.45, 7) is 3.53. The van der Waals surface area contributed by atoms with Crippen LogP contribution in [0.25, 0.3) is 0 Å². The van der Waals surface area contributed by atoms with Crippen LogP contribution in [0, 0.1) is 0 Å². The summed E-state index contributed by atoms with van der Waals surface area (Å²) in [5.41, 5.74) is 0.334. The molecule has 13 heteroatoms. The molecule has 1 aliphatic rings. The van der Waals surface area contributed by atoms with E-state index in [0.717, 1.165) is 0 Å². The largest absolute Gasteiger partial charge is 0.495 e. The van der Waals surface area contributed by atoms with E-state index in [1.165, 1.54) is 60.8 Å². The number of hydrogen-bond donors (Lipinski definition) is 2. The van der Waals surface area contributed by atoms with Crippen molar-refractivity contribution < 1.29 is 26.4 Å². The van der Waals surface area contributed by atoms with Crippen molar-refractivity contribution in [2.75, 3.05) is 45.7 Å². The minimum atomic E-state index is -4.03. The number of amides is 1. The van der Waals surface area contributed by atoms with Crippen LogP contribution < -0.4 is 14.8 Å². The smallest absolute Gasteiger partial charge is 0.243 e. The summed E-state index contributed by atoms with van der Waals surface area (Å²) in [6.07, 6.45) is 0. The van der Waals surface area contributed by atoms with Gasteiger partial charge in [0.05, 0.1) is 28.0 Å². The summed E-state index contributed by atoms with van der Waals surface area (Å²) in [4.78, 5) is 14.6. The van der Waals surface area contributed by atoms with Gasteiger partial charge in [-0.1, -0.05) is 11.6 Å². The molecule has 10 nitrogen and oxygen atoms in total. The molecule has 1 saturated heterocycles. The number of ether oxygens (including phenoxy) is 1. The van der Waals surface area contributed by atoms with E-state index in [4.69, 9.17) is 16.3 Å². The number of carbonyl (C=O) groups excluding carboxylic acids is 1. The lowest BCUT2D eigenvalue weighted by Gasteiger charge is -2.31.